The van der Waals surface area contributed by atoms with E-state index in [-0.39, 0.29) is 23.4 Å². The van der Waals surface area contributed by atoms with Crippen LogP contribution in [0.2, 0.25) is 10.0 Å². The lowest BCUT2D eigenvalue weighted by molar-refractivity contribution is 0.102. The second-order valence-corrected chi connectivity index (χ2v) is 12.5. The smallest absolute Gasteiger partial charge is 0.317 e. The van der Waals surface area contributed by atoms with Crippen molar-refractivity contribution in [3.63, 3.8) is 0 Å². The summed E-state index contributed by atoms with van der Waals surface area (Å²) in [6.45, 7) is 7.25. The van der Waals surface area contributed by atoms with Crippen LogP contribution in [0.15, 0.2) is 55.0 Å². The summed E-state index contributed by atoms with van der Waals surface area (Å²) in [6.07, 6.45) is 6.91. The van der Waals surface area contributed by atoms with Crippen LogP contribution in [0.5, 0.6) is 0 Å². The molecule has 1 aliphatic rings. The van der Waals surface area contributed by atoms with Crippen molar-refractivity contribution in [3.05, 3.63) is 76.2 Å². The van der Waals surface area contributed by atoms with E-state index in [4.69, 9.17) is 23.2 Å². The molecule has 41 heavy (non-hydrogen) atoms. The fourth-order valence-electron chi connectivity index (χ4n) is 5.44. The zero-order chi connectivity index (χ0) is 29.1. The van der Waals surface area contributed by atoms with E-state index >= 15 is 0 Å². The average Bonchev–Trinajstić information content (AvgIpc) is 3.41. The number of hydrogen-bond donors (Lipinski definition) is 3. The maximum Gasteiger partial charge on any atom is 0.322 e. The normalized spacial score (nSPS) is 17.3. The van der Waals surface area contributed by atoms with Gasteiger partial charge >= 0.3 is 6.03 Å². The van der Waals surface area contributed by atoms with Crippen molar-refractivity contribution in [3.8, 4) is 0 Å². The molecule has 1 fully saturated rings. The molecule has 0 radical (unpaired) electrons. The predicted octanol–water partition coefficient (Wildman–Crippen LogP) is 7.55. The highest BCUT2D eigenvalue weighted by molar-refractivity contribution is 6.35. The van der Waals surface area contributed by atoms with Gasteiger partial charge in [0.05, 0.1) is 11.6 Å². The van der Waals surface area contributed by atoms with Crippen LogP contribution in [-0.2, 0) is 6.54 Å². The Morgan fingerprint density at radius 3 is 2.32 bits per heavy atom. The van der Waals surface area contributed by atoms with E-state index in [9.17, 15) is 9.59 Å². The first-order chi connectivity index (χ1) is 19.6. The highest BCUT2D eigenvalue weighted by atomic mass is 35.5. The SMILES string of the molecule is CC(C)(C)C1CCC(N(Cc2ccc(C(=O)Nc3ncnc4[nH]ncc34)cc2)C(=O)Nc2cc(Cl)cc(Cl)c2)CC1. The molecule has 1 aliphatic carbocycles. The molecule has 2 heterocycles. The van der Waals surface area contributed by atoms with Crippen LogP contribution in [-0.4, -0.2) is 43.0 Å². The Hall–Kier alpha value is -3.69. The molecular formula is C30H33Cl2N7O2. The topological polar surface area (TPSA) is 116 Å². The fraction of sp³-hybridized carbons (Fsp3) is 0.367. The van der Waals surface area contributed by atoms with E-state index in [1.54, 1.807) is 36.5 Å². The molecule has 4 aromatic rings. The first-order valence-electron chi connectivity index (χ1n) is 13.6. The lowest BCUT2D eigenvalue weighted by Crippen LogP contribution is -2.45. The monoisotopic (exact) mass is 593 g/mol. The van der Waals surface area contributed by atoms with Crippen molar-refractivity contribution in [2.45, 2.75) is 59.0 Å². The quantitative estimate of drug-likeness (QED) is 0.213. The number of rotatable bonds is 6. The number of carbonyl (C=O) groups is 2. The molecule has 1 saturated carbocycles. The molecule has 214 valence electrons. The van der Waals surface area contributed by atoms with Crippen LogP contribution < -0.4 is 10.6 Å². The van der Waals surface area contributed by atoms with Gasteiger partial charge in [0.2, 0.25) is 0 Å². The summed E-state index contributed by atoms with van der Waals surface area (Å²) in [6, 6.07) is 12.1. The maximum atomic E-state index is 13.6. The molecule has 2 aromatic carbocycles. The fourth-order valence-corrected chi connectivity index (χ4v) is 5.97. The molecule has 3 N–H and O–H groups in total. The van der Waals surface area contributed by atoms with E-state index in [2.05, 4.69) is 51.6 Å². The highest BCUT2D eigenvalue weighted by Crippen LogP contribution is 2.39. The summed E-state index contributed by atoms with van der Waals surface area (Å²) in [5.74, 6) is 0.699. The number of aromatic amines is 1. The number of nitrogens with zero attached hydrogens (tertiary/aromatic N) is 4. The summed E-state index contributed by atoms with van der Waals surface area (Å²) < 4.78 is 0. The van der Waals surface area contributed by atoms with E-state index in [1.165, 1.54) is 6.33 Å². The lowest BCUT2D eigenvalue weighted by Gasteiger charge is -2.41. The summed E-state index contributed by atoms with van der Waals surface area (Å²) >= 11 is 12.3. The second-order valence-electron chi connectivity index (χ2n) is 11.6. The number of urea groups is 1. The molecule has 0 saturated heterocycles. The van der Waals surface area contributed by atoms with Crippen LogP contribution in [0.25, 0.3) is 11.0 Å². The molecule has 0 spiro atoms. The Balaban J connectivity index is 1.31. The van der Waals surface area contributed by atoms with Crippen LogP contribution in [0.4, 0.5) is 16.3 Å². The molecule has 3 amide bonds. The van der Waals surface area contributed by atoms with Crippen molar-refractivity contribution in [2.75, 3.05) is 10.6 Å². The summed E-state index contributed by atoms with van der Waals surface area (Å²) in [7, 11) is 0. The largest absolute Gasteiger partial charge is 0.322 e. The van der Waals surface area contributed by atoms with E-state index in [0.717, 1.165) is 31.2 Å². The van der Waals surface area contributed by atoms with Crippen LogP contribution >= 0.6 is 23.2 Å². The number of anilines is 2. The molecule has 9 nitrogen and oxygen atoms in total. The molecule has 0 atom stereocenters. The van der Waals surface area contributed by atoms with Crippen molar-refractivity contribution < 1.29 is 9.59 Å². The average molecular weight is 595 g/mol. The summed E-state index contributed by atoms with van der Waals surface area (Å²) in [4.78, 5) is 36.7. The van der Waals surface area contributed by atoms with Crippen molar-refractivity contribution in [2.24, 2.45) is 11.3 Å². The molecule has 0 aliphatic heterocycles. The standard InChI is InChI=1S/C30H33Cl2N7O2/c1-30(2,3)20-8-10-24(11-9-20)39(29(41)36-23-13-21(31)12-22(32)14-23)16-18-4-6-19(7-5-18)28(40)37-26-25-15-35-38-27(25)34-17-33-26/h4-7,12-15,17,20,24H,8-11,16H2,1-3H3,(H,36,41)(H2,33,34,35,37,38,40). The molecular weight excluding hydrogens is 561 g/mol. The van der Waals surface area contributed by atoms with Crippen molar-refractivity contribution in [1.82, 2.24) is 25.1 Å². The minimum absolute atomic E-state index is 0.0846. The molecule has 0 unspecified atom stereocenters. The third-order valence-electron chi connectivity index (χ3n) is 7.79. The second kappa shape index (κ2) is 12.0. The van der Waals surface area contributed by atoms with Gasteiger partial charge < -0.3 is 15.5 Å². The predicted molar refractivity (Wildman–Crippen MR) is 162 cm³/mol. The van der Waals surface area contributed by atoms with Gasteiger partial charge in [-0.25, -0.2) is 14.8 Å². The molecule has 0 bridgehead atoms. The van der Waals surface area contributed by atoms with Gasteiger partial charge in [0.25, 0.3) is 5.91 Å². The zero-order valence-corrected chi connectivity index (χ0v) is 24.8. The van der Waals surface area contributed by atoms with Gasteiger partial charge in [-0.3, -0.25) is 9.89 Å². The number of amides is 3. The number of aromatic nitrogens is 4. The summed E-state index contributed by atoms with van der Waals surface area (Å²) in [5.41, 5.74) is 2.71. The number of H-pyrrole nitrogens is 1. The Morgan fingerprint density at radius 1 is 0.976 bits per heavy atom. The van der Waals surface area contributed by atoms with Crippen LogP contribution in [0, 0.1) is 11.3 Å². The number of carbonyl (C=O) groups excluding carboxylic acids is 2. The Kier molecular flexibility index (Phi) is 8.47. The Morgan fingerprint density at radius 2 is 1.66 bits per heavy atom. The third kappa shape index (κ3) is 6.97. The Bertz CT molecular complexity index is 1520. The van der Waals surface area contributed by atoms with E-state index in [0.29, 0.717) is 50.6 Å². The van der Waals surface area contributed by atoms with Gasteiger partial charge in [-0.05, 0) is 72.9 Å². The first-order valence-corrected chi connectivity index (χ1v) is 14.4. The number of nitrogens with one attached hydrogen (secondary N) is 3. The van der Waals surface area contributed by atoms with E-state index < -0.39 is 0 Å². The van der Waals surface area contributed by atoms with E-state index in [1.807, 2.05) is 17.0 Å². The zero-order valence-electron chi connectivity index (χ0n) is 23.2. The minimum Gasteiger partial charge on any atom is -0.317 e. The van der Waals surface area contributed by atoms with Gasteiger partial charge in [0, 0.05) is 33.9 Å². The number of fused-ring (bicyclic) bond motifs is 1. The number of hydrogen-bond acceptors (Lipinski definition) is 5. The highest BCUT2D eigenvalue weighted by Gasteiger charge is 2.33. The van der Waals surface area contributed by atoms with Crippen molar-refractivity contribution in [1.29, 1.82) is 0 Å². The van der Waals surface area contributed by atoms with Gasteiger partial charge in [0.1, 0.15) is 12.1 Å². The van der Waals surface area contributed by atoms with Gasteiger partial charge in [-0.15, -0.1) is 0 Å². The Labute approximate surface area is 249 Å². The van der Waals surface area contributed by atoms with Gasteiger partial charge in [0.15, 0.2) is 5.65 Å². The van der Waals surface area contributed by atoms with Crippen molar-refractivity contribution >= 4 is 57.7 Å². The van der Waals surface area contributed by atoms with Crippen LogP contribution in [0.1, 0.15) is 62.4 Å². The minimum atomic E-state index is -0.300. The number of halogens is 2. The molecule has 2 aromatic heterocycles. The molecule has 11 heteroatoms. The van der Waals surface area contributed by atoms with Gasteiger partial charge in [-0.1, -0.05) is 56.1 Å². The lowest BCUT2D eigenvalue weighted by atomic mass is 9.71. The molecule has 5 rings (SSSR count). The first kappa shape index (κ1) is 28.8. The summed E-state index contributed by atoms with van der Waals surface area (Å²) in [5, 5.41) is 14.1. The van der Waals surface area contributed by atoms with Gasteiger partial charge in [-0.2, -0.15) is 5.10 Å². The third-order valence-corrected chi connectivity index (χ3v) is 8.22. The maximum absolute atomic E-state index is 13.6. The number of benzene rings is 2. The van der Waals surface area contributed by atoms with Crippen LogP contribution in [0.3, 0.4) is 0 Å².